The van der Waals surface area contributed by atoms with Gasteiger partial charge in [-0.1, -0.05) is 36.8 Å². The Bertz CT molecular complexity index is 868. The Balaban J connectivity index is 1.52. The number of carbonyl (C=O) groups excluding carboxylic acids is 2. The molecule has 1 heterocycles. The van der Waals surface area contributed by atoms with Gasteiger partial charge in [0.25, 0.3) is 0 Å². The lowest BCUT2D eigenvalue weighted by Crippen LogP contribution is -2.56. The summed E-state index contributed by atoms with van der Waals surface area (Å²) in [6.07, 6.45) is 7.46. The summed E-state index contributed by atoms with van der Waals surface area (Å²) in [5, 5.41) is 12.7. The van der Waals surface area contributed by atoms with Gasteiger partial charge in [-0.3, -0.25) is 9.69 Å². The summed E-state index contributed by atoms with van der Waals surface area (Å²) in [5.74, 6) is 0.373. The fourth-order valence-electron chi connectivity index (χ4n) is 6.05. The lowest BCUT2D eigenvalue weighted by molar-refractivity contribution is -0.122. The first-order chi connectivity index (χ1) is 16.0. The number of benzene rings is 1. The standard InChI is InChI=1S/C27H42N4O3/c1-25(2,34)19-28-23(32)18-30-20-26(31(24(30)33)17-21-9-8-10-21)13-15-27(16-14-26,29(3)4)22-11-6-5-7-12-22/h5-7,11-12,21,34H,8-10,13-20H2,1-4H3,(H,28,32)/t26-,27+. The molecule has 0 aromatic heterocycles. The summed E-state index contributed by atoms with van der Waals surface area (Å²) in [6, 6.07) is 10.7. The second-order valence-electron chi connectivity index (χ2n) is 11.7. The summed E-state index contributed by atoms with van der Waals surface area (Å²) < 4.78 is 0. The third kappa shape index (κ3) is 4.96. The Morgan fingerprint density at radius 3 is 2.32 bits per heavy atom. The minimum atomic E-state index is -0.974. The van der Waals surface area contributed by atoms with E-state index in [2.05, 4.69) is 59.5 Å². The fourth-order valence-corrected chi connectivity index (χ4v) is 6.05. The van der Waals surface area contributed by atoms with E-state index in [-0.39, 0.29) is 36.1 Å². The number of hydrogen-bond acceptors (Lipinski definition) is 4. The normalized spacial score (nSPS) is 28.0. The number of amides is 3. The average molecular weight is 471 g/mol. The quantitative estimate of drug-likeness (QED) is 0.612. The second-order valence-corrected chi connectivity index (χ2v) is 11.7. The van der Waals surface area contributed by atoms with Gasteiger partial charge >= 0.3 is 6.03 Å². The number of aliphatic hydroxyl groups is 1. The summed E-state index contributed by atoms with van der Waals surface area (Å²) in [6.45, 7) is 4.96. The lowest BCUT2D eigenvalue weighted by atomic mass is 9.68. The Morgan fingerprint density at radius 1 is 1.15 bits per heavy atom. The van der Waals surface area contributed by atoms with Crippen LogP contribution in [0.4, 0.5) is 4.79 Å². The van der Waals surface area contributed by atoms with Gasteiger partial charge in [0.2, 0.25) is 5.91 Å². The molecule has 0 unspecified atom stereocenters. The number of carbonyl (C=O) groups is 2. The number of rotatable bonds is 8. The van der Waals surface area contributed by atoms with E-state index >= 15 is 0 Å². The first-order valence-corrected chi connectivity index (χ1v) is 12.8. The third-order valence-corrected chi connectivity index (χ3v) is 8.45. The molecular weight excluding hydrogens is 428 g/mol. The van der Waals surface area contributed by atoms with E-state index in [4.69, 9.17) is 0 Å². The fraction of sp³-hybridized carbons (Fsp3) is 0.704. The van der Waals surface area contributed by atoms with Crippen LogP contribution in [-0.2, 0) is 10.3 Å². The zero-order chi connectivity index (χ0) is 24.6. The van der Waals surface area contributed by atoms with Crippen molar-refractivity contribution in [2.75, 3.05) is 40.3 Å². The third-order valence-electron chi connectivity index (χ3n) is 8.45. The zero-order valence-electron chi connectivity index (χ0n) is 21.3. The van der Waals surface area contributed by atoms with E-state index in [0.717, 1.165) is 32.2 Å². The molecule has 1 aromatic rings. The van der Waals surface area contributed by atoms with Gasteiger partial charge in [-0.05, 0) is 77.9 Å². The highest BCUT2D eigenvalue weighted by atomic mass is 16.3. The molecule has 1 aliphatic heterocycles. The molecule has 2 saturated carbocycles. The maximum Gasteiger partial charge on any atom is 0.321 e. The lowest BCUT2D eigenvalue weighted by Gasteiger charge is -2.51. The van der Waals surface area contributed by atoms with Crippen LogP contribution in [0.15, 0.2) is 30.3 Å². The smallest absolute Gasteiger partial charge is 0.321 e. The Labute approximate surface area is 204 Å². The molecule has 7 heteroatoms. The van der Waals surface area contributed by atoms with Gasteiger partial charge in [0, 0.05) is 25.2 Å². The minimum absolute atomic E-state index is 0.00220. The topological polar surface area (TPSA) is 76.1 Å². The number of nitrogens with zero attached hydrogens (tertiary/aromatic N) is 3. The van der Waals surface area contributed by atoms with Gasteiger partial charge < -0.3 is 20.2 Å². The van der Waals surface area contributed by atoms with Crippen molar-refractivity contribution in [1.29, 1.82) is 0 Å². The molecule has 0 bridgehead atoms. The van der Waals surface area contributed by atoms with E-state index in [1.165, 1.54) is 24.8 Å². The number of urea groups is 1. The highest BCUT2D eigenvalue weighted by Crippen LogP contribution is 2.49. The monoisotopic (exact) mass is 470 g/mol. The van der Waals surface area contributed by atoms with Crippen molar-refractivity contribution >= 4 is 11.9 Å². The number of hydrogen-bond donors (Lipinski definition) is 2. The molecule has 1 saturated heterocycles. The molecule has 7 nitrogen and oxygen atoms in total. The van der Waals surface area contributed by atoms with Crippen LogP contribution in [0.2, 0.25) is 0 Å². The van der Waals surface area contributed by atoms with Crippen LogP contribution in [0.25, 0.3) is 0 Å². The molecule has 3 amide bonds. The van der Waals surface area contributed by atoms with E-state index in [1.807, 2.05) is 0 Å². The molecule has 0 atom stereocenters. The van der Waals surface area contributed by atoms with E-state index in [1.54, 1.807) is 18.7 Å². The van der Waals surface area contributed by atoms with Crippen LogP contribution in [-0.4, -0.2) is 83.2 Å². The molecular formula is C27H42N4O3. The predicted octanol–water partition coefficient (Wildman–Crippen LogP) is 3.18. The largest absolute Gasteiger partial charge is 0.389 e. The van der Waals surface area contributed by atoms with E-state index in [9.17, 15) is 14.7 Å². The van der Waals surface area contributed by atoms with Crippen molar-refractivity contribution in [1.82, 2.24) is 20.0 Å². The average Bonchev–Trinajstić information content (AvgIpc) is 3.00. The van der Waals surface area contributed by atoms with Crippen molar-refractivity contribution < 1.29 is 14.7 Å². The van der Waals surface area contributed by atoms with Crippen molar-refractivity contribution in [3.8, 4) is 0 Å². The first kappa shape index (κ1) is 25.0. The molecule has 4 rings (SSSR count). The van der Waals surface area contributed by atoms with Gasteiger partial charge in [0.05, 0.1) is 11.1 Å². The zero-order valence-corrected chi connectivity index (χ0v) is 21.3. The van der Waals surface area contributed by atoms with Crippen LogP contribution in [0, 0.1) is 5.92 Å². The Hall–Kier alpha value is -2.12. The minimum Gasteiger partial charge on any atom is -0.389 e. The highest BCUT2D eigenvalue weighted by Gasteiger charge is 2.55. The van der Waals surface area contributed by atoms with Gasteiger partial charge in [-0.25, -0.2) is 4.79 Å². The van der Waals surface area contributed by atoms with Crippen LogP contribution in [0.1, 0.15) is 64.4 Å². The van der Waals surface area contributed by atoms with Crippen molar-refractivity contribution in [2.45, 2.75) is 75.5 Å². The summed E-state index contributed by atoms with van der Waals surface area (Å²) in [4.78, 5) is 32.4. The Morgan fingerprint density at radius 2 is 1.79 bits per heavy atom. The molecule has 3 aliphatic rings. The van der Waals surface area contributed by atoms with Crippen LogP contribution >= 0.6 is 0 Å². The van der Waals surface area contributed by atoms with Crippen LogP contribution in [0.5, 0.6) is 0 Å². The predicted molar refractivity (Wildman–Crippen MR) is 133 cm³/mol. The van der Waals surface area contributed by atoms with Gasteiger partial charge in [0.15, 0.2) is 0 Å². The highest BCUT2D eigenvalue weighted by molar-refractivity contribution is 5.86. The van der Waals surface area contributed by atoms with Crippen LogP contribution < -0.4 is 5.32 Å². The van der Waals surface area contributed by atoms with E-state index in [0.29, 0.717) is 12.5 Å². The molecule has 1 spiro atoms. The molecule has 0 radical (unpaired) electrons. The summed E-state index contributed by atoms with van der Waals surface area (Å²) in [5.41, 5.74) is 0.123. The number of nitrogens with one attached hydrogen (secondary N) is 1. The Kier molecular flexibility index (Phi) is 6.98. The molecule has 2 N–H and O–H groups in total. The maximum absolute atomic E-state index is 13.6. The molecule has 3 fully saturated rings. The molecule has 1 aromatic carbocycles. The van der Waals surface area contributed by atoms with Gasteiger partial charge in [0.1, 0.15) is 6.54 Å². The molecule has 188 valence electrons. The maximum atomic E-state index is 13.6. The van der Waals surface area contributed by atoms with E-state index < -0.39 is 5.60 Å². The SMILES string of the molecule is CN(C)[C@]1(c2ccccc2)CC[C@]2(CC1)CN(CC(=O)NCC(C)(C)O)C(=O)N2CC1CCC1. The van der Waals surface area contributed by atoms with Crippen molar-refractivity contribution in [3.63, 3.8) is 0 Å². The molecule has 2 aliphatic carbocycles. The van der Waals surface area contributed by atoms with Gasteiger partial charge in [-0.15, -0.1) is 0 Å². The van der Waals surface area contributed by atoms with Crippen LogP contribution in [0.3, 0.4) is 0 Å². The summed E-state index contributed by atoms with van der Waals surface area (Å²) >= 11 is 0. The van der Waals surface area contributed by atoms with Crippen molar-refractivity contribution in [2.24, 2.45) is 5.92 Å². The first-order valence-electron chi connectivity index (χ1n) is 12.8. The van der Waals surface area contributed by atoms with Gasteiger partial charge in [-0.2, -0.15) is 0 Å². The van der Waals surface area contributed by atoms with Crippen molar-refractivity contribution in [3.05, 3.63) is 35.9 Å². The summed E-state index contributed by atoms with van der Waals surface area (Å²) in [7, 11) is 4.33. The molecule has 34 heavy (non-hydrogen) atoms. The second kappa shape index (κ2) is 9.50.